The number of aliphatic hydroxyl groups is 1. The summed E-state index contributed by atoms with van der Waals surface area (Å²) >= 11 is 6.30. The molecule has 1 fully saturated rings. The summed E-state index contributed by atoms with van der Waals surface area (Å²) in [5.41, 5.74) is 1.48. The number of amides is 1. The van der Waals surface area contributed by atoms with Gasteiger partial charge in [0.25, 0.3) is 11.7 Å². The van der Waals surface area contributed by atoms with Crippen molar-refractivity contribution in [3.05, 3.63) is 87.6 Å². The van der Waals surface area contributed by atoms with E-state index in [1.807, 2.05) is 0 Å². The molecular formula is C24H21ClN2O5. The summed E-state index contributed by atoms with van der Waals surface area (Å²) in [5, 5.41) is 11.6. The number of aliphatic hydroxyl groups excluding tert-OH is 1. The van der Waals surface area contributed by atoms with Gasteiger partial charge in [-0.2, -0.15) is 0 Å². The molecular weight excluding hydrogens is 432 g/mol. The number of ketones is 1. The Bertz CT molecular complexity index is 1230. The Morgan fingerprint density at radius 1 is 1.22 bits per heavy atom. The van der Waals surface area contributed by atoms with E-state index < -0.39 is 17.7 Å². The van der Waals surface area contributed by atoms with Crippen LogP contribution in [0.4, 0.5) is 0 Å². The number of carbonyl (C=O) groups excluding carboxylic acids is 2. The minimum absolute atomic E-state index is 0.0678. The number of Topliss-reactive ketones (excluding diaryl/α,β-unsaturated/α-hetero) is 1. The lowest BCUT2D eigenvalue weighted by Crippen LogP contribution is -2.29. The molecule has 8 heteroatoms. The van der Waals surface area contributed by atoms with Crippen molar-refractivity contribution in [2.24, 2.45) is 0 Å². The van der Waals surface area contributed by atoms with Crippen molar-refractivity contribution in [2.45, 2.75) is 26.4 Å². The first-order chi connectivity index (χ1) is 15.3. The smallest absolute Gasteiger partial charge is 0.296 e. The normalized spacial score (nSPS) is 17.8. The Hall–Kier alpha value is -3.58. The van der Waals surface area contributed by atoms with Crippen molar-refractivity contribution in [3.63, 3.8) is 0 Å². The number of likely N-dealkylation sites (tertiary alicyclic amines) is 1. The van der Waals surface area contributed by atoms with Crippen LogP contribution in [0.5, 0.6) is 5.75 Å². The third kappa shape index (κ3) is 3.76. The van der Waals surface area contributed by atoms with Crippen LogP contribution >= 0.6 is 11.6 Å². The molecule has 1 aromatic carbocycles. The van der Waals surface area contributed by atoms with E-state index in [9.17, 15) is 14.7 Å². The molecule has 32 heavy (non-hydrogen) atoms. The molecule has 1 amide bonds. The number of aromatic nitrogens is 1. The van der Waals surface area contributed by atoms with Crippen LogP contribution in [0.1, 0.15) is 34.4 Å². The topological polar surface area (TPSA) is 92.9 Å². The molecule has 0 saturated carbocycles. The van der Waals surface area contributed by atoms with Gasteiger partial charge in [0.15, 0.2) is 0 Å². The highest BCUT2D eigenvalue weighted by Gasteiger charge is 2.48. The minimum atomic E-state index is -0.935. The molecule has 164 valence electrons. The number of ether oxygens (including phenoxy) is 1. The van der Waals surface area contributed by atoms with Crippen LogP contribution in [0, 0.1) is 13.8 Å². The fourth-order valence-electron chi connectivity index (χ4n) is 3.86. The van der Waals surface area contributed by atoms with E-state index in [4.69, 9.17) is 20.8 Å². The second kappa shape index (κ2) is 8.51. The molecule has 1 atom stereocenters. The highest BCUT2D eigenvalue weighted by atomic mass is 35.5. The first-order valence-electron chi connectivity index (χ1n) is 9.91. The highest BCUT2D eigenvalue weighted by molar-refractivity contribution is 6.46. The van der Waals surface area contributed by atoms with Gasteiger partial charge in [-0.25, -0.2) is 0 Å². The summed E-state index contributed by atoms with van der Waals surface area (Å²) in [4.78, 5) is 31.8. The van der Waals surface area contributed by atoms with E-state index in [1.54, 1.807) is 62.5 Å². The van der Waals surface area contributed by atoms with Crippen molar-refractivity contribution in [1.29, 1.82) is 0 Å². The number of benzene rings is 1. The average molecular weight is 453 g/mol. The molecule has 4 rings (SSSR count). The monoisotopic (exact) mass is 452 g/mol. The van der Waals surface area contributed by atoms with E-state index in [-0.39, 0.29) is 34.2 Å². The zero-order valence-corrected chi connectivity index (χ0v) is 18.5. The standard InChI is InChI=1S/C24H21ClN2O5/c1-13-10-16(23(31-3)17(25)11-13)21(28)19-20(18-8-7-14(2)32-18)27(24(30)22(19)29)12-15-6-4-5-9-26-15/h4-11,20,28H,12H2,1-3H3/b21-19+. The molecule has 0 spiro atoms. The fraction of sp³-hybridized carbons (Fsp3) is 0.208. The number of carbonyl (C=O) groups is 2. The largest absolute Gasteiger partial charge is 0.507 e. The van der Waals surface area contributed by atoms with Gasteiger partial charge in [-0.1, -0.05) is 17.7 Å². The molecule has 1 aliphatic heterocycles. The van der Waals surface area contributed by atoms with Crippen molar-refractivity contribution in [1.82, 2.24) is 9.88 Å². The van der Waals surface area contributed by atoms with Crippen LogP contribution in [0.2, 0.25) is 5.02 Å². The Morgan fingerprint density at radius 3 is 2.62 bits per heavy atom. The van der Waals surface area contributed by atoms with E-state index in [0.717, 1.165) is 5.56 Å². The zero-order valence-electron chi connectivity index (χ0n) is 17.8. The number of furan rings is 1. The van der Waals surface area contributed by atoms with Crippen molar-refractivity contribution in [3.8, 4) is 5.75 Å². The van der Waals surface area contributed by atoms with Gasteiger partial charge in [0.05, 0.1) is 35.5 Å². The number of rotatable bonds is 5. The van der Waals surface area contributed by atoms with E-state index >= 15 is 0 Å². The Balaban J connectivity index is 1.92. The lowest BCUT2D eigenvalue weighted by molar-refractivity contribution is -0.140. The van der Waals surface area contributed by atoms with Crippen LogP contribution < -0.4 is 4.74 Å². The van der Waals surface area contributed by atoms with Crippen molar-refractivity contribution >= 4 is 29.1 Å². The lowest BCUT2D eigenvalue weighted by Gasteiger charge is -2.23. The molecule has 0 radical (unpaired) electrons. The van der Waals surface area contributed by atoms with Crippen molar-refractivity contribution in [2.75, 3.05) is 7.11 Å². The van der Waals surface area contributed by atoms with Crippen LogP contribution in [0.25, 0.3) is 5.76 Å². The van der Waals surface area contributed by atoms with E-state index in [0.29, 0.717) is 17.2 Å². The average Bonchev–Trinajstić information content (AvgIpc) is 3.30. The molecule has 3 heterocycles. The van der Waals surface area contributed by atoms with Crippen LogP contribution in [0.3, 0.4) is 0 Å². The van der Waals surface area contributed by atoms with Crippen LogP contribution in [-0.2, 0) is 16.1 Å². The summed E-state index contributed by atoms with van der Waals surface area (Å²) in [6, 6.07) is 11.1. The molecule has 1 saturated heterocycles. The number of nitrogens with zero attached hydrogens (tertiary/aromatic N) is 2. The maximum Gasteiger partial charge on any atom is 0.296 e. The second-order valence-corrected chi connectivity index (χ2v) is 7.93. The highest BCUT2D eigenvalue weighted by Crippen LogP contribution is 2.43. The van der Waals surface area contributed by atoms with E-state index in [1.165, 1.54) is 12.0 Å². The van der Waals surface area contributed by atoms with E-state index in [2.05, 4.69) is 4.98 Å². The summed E-state index contributed by atoms with van der Waals surface area (Å²) < 4.78 is 11.2. The Kier molecular flexibility index (Phi) is 5.76. The predicted octanol–water partition coefficient (Wildman–Crippen LogP) is 4.58. The van der Waals surface area contributed by atoms with Crippen LogP contribution in [0.15, 0.2) is 58.7 Å². The summed E-state index contributed by atoms with van der Waals surface area (Å²) in [7, 11) is 1.42. The first-order valence-corrected chi connectivity index (χ1v) is 10.3. The number of hydrogen-bond acceptors (Lipinski definition) is 6. The Labute approximate surface area is 189 Å². The molecule has 0 aliphatic carbocycles. The van der Waals surface area contributed by atoms with Gasteiger partial charge in [0, 0.05) is 6.20 Å². The Morgan fingerprint density at radius 2 is 2.00 bits per heavy atom. The summed E-state index contributed by atoms with van der Waals surface area (Å²) in [6.07, 6.45) is 1.61. The fourth-order valence-corrected chi connectivity index (χ4v) is 4.21. The quantitative estimate of drug-likeness (QED) is 0.346. The molecule has 3 aromatic rings. The third-order valence-corrected chi connectivity index (χ3v) is 5.56. The first kappa shape index (κ1) is 21.6. The molecule has 7 nitrogen and oxygen atoms in total. The van der Waals surface area contributed by atoms with Gasteiger partial charge >= 0.3 is 0 Å². The molecule has 1 N–H and O–H groups in total. The molecule has 2 aromatic heterocycles. The van der Waals surface area contributed by atoms with Gasteiger partial charge in [-0.3, -0.25) is 14.6 Å². The molecule has 1 aliphatic rings. The number of halogens is 1. The van der Waals surface area contributed by atoms with Crippen molar-refractivity contribution < 1.29 is 23.8 Å². The predicted molar refractivity (Wildman–Crippen MR) is 118 cm³/mol. The maximum atomic E-state index is 13.1. The lowest BCUT2D eigenvalue weighted by atomic mass is 9.98. The third-order valence-electron chi connectivity index (χ3n) is 5.28. The number of hydrogen-bond donors (Lipinski definition) is 1. The number of pyridine rings is 1. The van der Waals surface area contributed by atoms with Crippen LogP contribution in [-0.4, -0.2) is 33.8 Å². The van der Waals surface area contributed by atoms with Gasteiger partial charge in [-0.15, -0.1) is 0 Å². The van der Waals surface area contributed by atoms with Gasteiger partial charge in [-0.05, 0) is 55.8 Å². The summed E-state index contributed by atoms with van der Waals surface area (Å²) in [6.45, 7) is 3.63. The van der Waals surface area contributed by atoms with Gasteiger partial charge in [0.2, 0.25) is 0 Å². The molecule has 1 unspecified atom stereocenters. The van der Waals surface area contributed by atoms with Gasteiger partial charge in [0.1, 0.15) is 29.1 Å². The maximum absolute atomic E-state index is 13.1. The number of methoxy groups -OCH3 is 1. The van der Waals surface area contributed by atoms with Gasteiger partial charge < -0.3 is 19.2 Å². The zero-order chi connectivity index (χ0) is 23.0. The number of aryl methyl sites for hydroxylation is 2. The second-order valence-electron chi connectivity index (χ2n) is 7.52. The minimum Gasteiger partial charge on any atom is -0.507 e. The summed E-state index contributed by atoms with van der Waals surface area (Å²) in [5.74, 6) is -0.781. The SMILES string of the molecule is COc1c(Cl)cc(C)cc1/C(O)=C1\C(=O)C(=O)N(Cc2ccccn2)C1c1ccc(C)o1. The molecule has 0 bridgehead atoms.